The third kappa shape index (κ3) is 2.90. The van der Waals surface area contributed by atoms with Gasteiger partial charge in [-0.05, 0) is 5.92 Å². The maximum atomic E-state index is 13.0. The Labute approximate surface area is 84.7 Å². The molecule has 1 aromatic heterocycles. The van der Waals surface area contributed by atoms with Crippen LogP contribution in [0.5, 0.6) is 0 Å². The van der Waals surface area contributed by atoms with Crippen LogP contribution in [-0.4, -0.2) is 10.7 Å². The maximum Gasteiger partial charge on any atom is 0.250 e. The zero-order chi connectivity index (χ0) is 10.7. The number of pyridine rings is 1. The van der Waals surface area contributed by atoms with Crippen LogP contribution in [0.15, 0.2) is 11.1 Å². The number of hydrogen-bond donors (Lipinski definition) is 0. The van der Waals surface area contributed by atoms with E-state index >= 15 is 0 Å². The summed E-state index contributed by atoms with van der Waals surface area (Å²) >= 11 is 1.09. The first-order valence-electron chi connectivity index (χ1n) is 4.15. The van der Waals surface area contributed by atoms with Gasteiger partial charge in [0, 0.05) is 11.8 Å². The summed E-state index contributed by atoms with van der Waals surface area (Å²) < 4.78 is 38.1. The Morgan fingerprint density at radius 3 is 2.50 bits per heavy atom. The van der Waals surface area contributed by atoms with Crippen LogP contribution in [0.3, 0.4) is 0 Å². The zero-order valence-corrected chi connectivity index (χ0v) is 8.67. The highest BCUT2D eigenvalue weighted by Crippen LogP contribution is 2.22. The Bertz CT molecular complexity index is 328. The lowest BCUT2D eigenvalue weighted by Gasteiger charge is -2.04. The van der Waals surface area contributed by atoms with Gasteiger partial charge in [0.2, 0.25) is 5.95 Å². The molecule has 1 rings (SSSR count). The lowest BCUT2D eigenvalue weighted by atomic mass is 10.3. The van der Waals surface area contributed by atoms with E-state index in [0.29, 0.717) is 17.7 Å². The highest BCUT2D eigenvalue weighted by molar-refractivity contribution is 7.99. The van der Waals surface area contributed by atoms with Crippen molar-refractivity contribution < 1.29 is 13.2 Å². The molecule has 0 saturated carbocycles. The van der Waals surface area contributed by atoms with Crippen molar-refractivity contribution in [1.29, 1.82) is 0 Å². The van der Waals surface area contributed by atoms with Crippen molar-refractivity contribution in [2.45, 2.75) is 18.9 Å². The molecule has 1 aromatic rings. The fraction of sp³-hybridized carbons (Fsp3) is 0.444. The fourth-order valence-electron chi connectivity index (χ4n) is 0.775. The third-order valence-electron chi connectivity index (χ3n) is 1.41. The van der Waals surface area contributed by atoms with Crippen LogP contribution in [-0.2, 0) is 0 Å². The van der Waals surface area contributed by atoms with Crippen molar-refractivity contribution in [3.8, 4) is 0 Å². The summed E-state index contributed by atoms with van der Waals surface area (Å²) in [7, 11) is 0. The van der Waals surface area contributed by atoms with E-state index < -0.39 is 17.6 Å². The Morgan fingerprint density at radius 1 is 1.29 bits per heavy atom. The summed E-state index contributed by atoms with van der Waals surface area (Å²) in [6, 6.07) is 0.519. The topological polar surface area (TPSA) is 12.9 Å². The summed E-state index contributed by atoms with van der Waals surface area (Å²) in [4.78, 5) is 3.19. The molecule has 0 aliphatic rings. The van der Waals surface area contributed by atoms with E-state index in [9.17, 15) is 13.2 Å². The third-order valence-corrected chi connectivity index (χ3v) is 2.80. The van der Waals surface area contributed by atoms with E-state index in [1.807, 2.05) is 13.8 Å². The predicted octanol–water partition coefficient (Wildman–Crippen LogP) is 3.25. The van der Waals surface area contributed by atoms with Crippen LogP contribution >= 0.6 is 11.8 Å². The summed E-state index contributed by atoms with van der Waals surface area (Å²) in [6.45, 7) is 3.90. The smallest absolute Gasteiger partial charge is 0.208 e. The van der Waals surface area contributed by atoms with Crippen LogP contribution < -0.4 is 0 Å². The van der Waals surface area contributed by atoms with Crippen molar-refractivity contribution in [2.75, 3.05) is 5.75 Å². The summed E-state index contributed by atoms with van der Waals surface area (Å²) in [5.41, 5.74) is 0. The molecule has 78 valence electrons. The van der Waals surface area contributed by atoms with Crippen LogP contribution in [0, 0.1) is 23.5 Å². The van der Waals surface area contributed by atoms with Crippen LogP contribution in [0.4, 0.5) is 13.2 Å². The molecule has 0 saturated heterocycles. The van der Waals surface area contributed by atoms with Gasteiger partial charge >= 0.3 is 0 Å². The lowest BCUT2D eigenvalue weighted by Crippen LogP contribution is -1.98. The van der Waals surface area contributed by atoms with E-state index in [4.69, 9.17) is 0 Å². The van der Waals surface area contributed by atoms with Gasteiger partial charge in [0.15, 0.2) is 11.6 Å². The molecule has 0 aromatic carbocycles. The second-order valence-electron chi connectivity index (χ2n) is 3.25. The van der Waals surface area contributed by atoms with E-state index in [0.717, 1.165) is 11.8 Å². The largest absolute Gasteiger partial charge is 0.250 e. The number of thioether (sulfide) groups is 1. The van der Waals surface area contributed by atoms with E-state index in [1.54, 1.807) is 0 Å². The SMILES string of the molecule is CC(C)CSc1nc(F)c(F)cc1F. The van der Waals surface area contributed by atoms with Gasteiger partial charge in [0.25, 0.3) is 0 Å². The average Bonchev–Trinajstić information content (AvgIpc) is 2.09. The van der Waals surface area contributed by atoms with E-state index in [1.165, 1.54) is 0 Å². The van der Waals surface area contributed by atoms with Gasteiger partial charge in [-0.1, -0.05) is 13.8 Å². The molecule has 14 heavy (non-hydrogen) atoms. The van der Waals surface area contributed by atoms with Gasteiger partial charge in [-0.3, -0.25) is 0 Å². The Kier molecular flexibility index (Phi) is 3.80. The first kappa shape index (κ1) is 11.4. The molecule has 0 aliphatic heterocycles. The molecule has 5 heteroatoms. The summed E-state index contributed by atoms with van der Waals surface area (Å²) in [6.07, 6.45) is 0. The molecule has 0 atom stereocenters. The molecule has 0 unspecified atom stereocenters. The molecule has 0 spiro atoms. The standard InChI is InChI=1S/C9H10F3NS/c1-5(2)4-14-9-7(11)3-6(10)8(12)13-9/h3,5H,4H2,1-2H3. The fourth-order valence-corrected chi connectivity index (χ4v) is 1.61. The van der Waals surface area contributed by atoms with Crippen LogP contribution in [0.2, 0.25) is 0 Å². The molecule has 0 bridgehead atoms. The van der Waals surface area contributed by atoms with Gasteiger partial charge in [-0.15, -0.1) is 11.8 Å². The lowest BCUT2D eigenvalue weighted by molar-refractivity contribution is 0.448. The first-order valence-corrected chi connectivity index (χ1v) is 5.13. The second kappa shape index (κ2) is 4.68. The molecule has 0 aliphatic carbocycles. The quantitative estimate of drug-likeness (QED) is 0.574. The minimum absolute atomic E-state index is 0.0856. The summed E-state index contributed by atoms with van der Waals surface area (Å²) in [5, 5.41) is -0.0856. The minimum Gasteiger partial charge on any atom is -0.208 e. The second-order valence-corrected chi connectivity index (χ2v) is 4.26. The van der Waals surface area contributed by atoms with Crippen LogP contribution in [0.25, 0.3) is 0 Å². The van der Waals surface area contributed by atoms with Crippen molar-refractivity contribution >= 4 is 11.8 Å². The minimum atomic E-state index is -1.25. The highest BCUT2D eigenvalue weighted by atomic mass is 32.2. The number of aromatic nitrogens is 1. The molecular weight excluding hydrogens is 211 g/mol. The number of rotatable bonds is 3. The van der Waals surface area contributed by atoms with Gasteiger partial charge < -0.3 is 0 Å². The van der Waals surface area contributed by atoms with Crippen LogP contribution in [0.1, 0.15) is 13.8 Å². The molecule has 0 radical (unpaired) electrons. The maximum absolute atomic E-state index is 13.0. The molecule has 0 fully saturated rings. The Morgan fingerprint density at radius 2 is 1.93 bits per heavy atom. The van der Waals surface area contributed by atoms with E-state index in [2.05, 4.69) is 4.98 Å². The summed E-state index contributed by atoms with van der Waals surface area (Å²) in [5.74, 6) is -2.35. The predicted molar refractivity (Wildman–Crippen MR) is 49.7 cm³/mol. The Hall–Kier alpha value is -0.710. The number of nitrogens with zero attached hydrogens (tertiary/aromatic N) is 1. The van der Waals surface area contributed by atoms with Crippen molar-refractivity contribution in [3.05, 3.63) is 23.6 Å². The first-order chi connectivity index (χ1) is 6.50. The molecular formula is C9H10F3NS. The van der Waals surface area contributed by atoms with Gasteiger partial charge in [-0.25, -0.2) is 13.8 Å². The number of halogens is 3. The van der Waals surface area contributed by atoms with E-state index in [-0.39, 0.29) is 5.03 Å². The highest BCUT2D eigenvalue weighted by Gasteiger charge is 2.12. The molecule has 1 nitrogen and oxygen atoms in total. The number of hydrogen-bond acceptors (Lipinski definition) is 2. The average molecular weight is 221 g/mol. The molecule has 0 N–H and O–H groups in total. The zero-order valence-electron chi connectivity index (χ0n) is 7.85. The monoisotopic (exact) mass is 221 g/mol. The Balaban J connectivity index is 2.82. The molecule has 0 amide bonds. The van der Waals surface area contributed by atoms with Gasteiger partial charge in [0.1, 0.15) is 5.03 Å². The van der Waals surface area contributed by atoms with Crippen molar-refractivity contribution in [2.24, 2.45) is 5.92 Å². The van der Waals surface area contributed by atoms with Crippen molar-refractivity contribution in [1.82, 2.24) is 4.98 Å². The van der Waals surface area contributed by atoms with Crippen molar-refractivity contribution in [3.63, 3.8) is 0 Å². The van der Waals surface area contributed by atoms with Gasteiger partial charge in [0.05, 0.1) is 0 Å². The molecule has 1 heterocycles. The van der Waals surface area contributed by atoms with Gasteiger partial charge in [-0.2, -0.15) is 4.39 Å². The normalized spacial score (nSPS) is 11.0.